The topological polar surface area (TPSA) is 26.3 Å². The van der Waals surface area contributed by atoms with Gasteiger partial charge in [-0.25, -0.2) is 0 Å². The molecule has 0 N–H and O–H groups in total. The van der Waals surface area contributed by atoms with Crippen LogP contribution in [0.1, 0.15) is 29.1 Å². The molecule has 0 aromatic heterocycles. The van der Waals surface area contributed by atoms with E-state index in [1.54, 1.807) is 0 Å². The fraction of sp³-hybridized carbons (Fsp3) is 1.00. The SMILES string of the molecule is CC(C)CO[P+](=O)CC(C)C.[H-].[Na+]. The van der Waals surface area contributed by atoms with E-state index in [1.807, 2.05) is 13.8 Å². The summed E-state index contributed by atoms with van der Waals surface area (Å²) in [6.07, 6.45) is 0.683. The molecule has 0 spiro atoms. The van der Waals surface area contributed by atoms with Gasteiger partial charge < -0.3 is 1.43 Å². The van der Waals surface area contributed by atoms with Crippen molar-refractivity contribution in [2.45, 2.75) is 27.7 Å². The Balaban J connectivity index is -0.000000500. The maximum atomic E-state index is 11.1. The molecule has 0 aromatic carbocycles. The summed E-state index contributed by atoms with van der Waals surface area (Å²) in [6.45, 7) is 8.82. The predicted molar refractivity (Wildman–Crippen MR) is 49.2 cm³/mol. The van der Waals surface area contributed by atoms with Crippen molar-refractivity contribution in [3.8, 4) is 0 Å². The third kappa shape index (κ3) is 11.1. The molecule has 0 fully saturated rings. The van der Waals surface area contributed by atoms with Gasteiger partial charge in [0, 0.05) is 5.92 Å². The van der Waals surface area contributed by atoms with Gasteiger partial charge >= 0.3 is 37.6 Å². The maximum Gasteiger partial charge on any atom is 1.00 e. The zero-order valence-electron chi connectivity index (χ0n) is 9.83. The van der Waals surface area contributed by atoms with Crippen LogP contribution in [0, 0.1) is 11.8 Å². The van der Waals surface area contributed by atoms with Gasteiger partial charge in [0.05, 0.1) is 0 Å². The van der Waals surface area contributed by atoms with Crippen LogP contribution in [0.2, 0.25) is 0 Å². The summed E-state index contributed by atoms with van der Waals surface area (Å²) in [5, 5.41) is 0. The van der Waals surface area contributed by atoms with Gasteiger partial charge in [-0.3, -0.25) is 0 Å². The Morgan fingerprint density at radius 1 is 1.25 bits per heavy atom. The van der Waals surface area contributed by atoms with Crippen molar-refractivity contribution in [2.75, 3.05) is 12.8 Å². The van der Waals surface area contributed by atoms with Gasteiger partial charge in [0.15, 0.2) is 6.16 Å². The van der Waals surface area contributed by atoms with Gasteiger partial charge in [0.2, 0.25) is 0 Å². The van der Waals surface area contributed by atoms with E-state index in [2.05, 4.69) is 13.8 Å². The predicted octanol–water partition coefficient (Wildman–Crippen LogP) is 0.174. The standard InChI is InChI=1S/C8H18O2P.Na.H/c1-7(2)5-10-11(9)6-8(3)4;;/h7-8H,5-6H2,1-4H3;;/q2*+1;-1. The van der Waals surface area contributed by atoms with Crippen molar-refractivity contribution >= 4 is 8.03 Å². The third-order valence-corrected chi connectivity index (χ3v) is 2.53. The average Bonchev–Trinajstić information content (AvgIpc) is 1.82. The molecular formula is C8H19NaO2P+. The van der Waals surface area contributed by atoms with Crippen LogP contribution >= 0.6 is 8.03 Å². The largest absolute Gasteiger partial charge is 1.00 e. The van der Waals surface area contributed by atoms with Crippen LogP contribution in [-0.4, -0.2) is 12.8 Å². The Bertz CT molecular complexity index is 131. The average molecular weight is 201 g/mol. The molecular weight excluding hydrogens is 182 g/mol. The summed E-state index contributed by atoms with van der Waals surface area (Å²) < 4.78 is 16.2. The van der Waals surface area contributed by atoms with E-state index in [4.69, 9.17) is 4.52 Å². The first-order chi connectivity index (χ1) is 5.02. The summed E-state index contributed by atoms with van der Waals surface area (Å²) in [6, 6.07) is 0. The molecule has 68 valence electrons. The maximum absolute atomic E-state index is 11.1. The van der Waals surface area contributed by atoms with E-state index in [1.165, 1.54) is 0 Å². The number of rotatable bonds is 5. The molecule has 12 heavy (non-hydrogen) atoms. The van der Waals surface area contributed by atoms with Crippen LogP contribution in [0.5, 0.6) is 0 Å². The van der Waals surface area contributed by atoms with E-state index in [0.717, 1.165) is 0 Å². The molecule has 0 heterocycles. The Hall–Kier alpha value is 1.06. The van der Waals surface area contributed by atoms with E-state index in [0.29, 0.717) is 24.6 Å². The van der Waals surface area contributed by atoms with Crippen LogP contribution in [0.4, 0.5) is 0 Å². The van der Waals surface area contributed by atoms with Crippen LogP contribution in [0.25, 0.3) is 0 Å². The van der Waals surface area contributed by atoms with Gasteiger partial charge in [-0.1, -0.05) is 27.7 Å². The number of hydrogen-bond donors (Lipinski definition) is 0. The molecule has 0 rings (SSSR count). The number of hydrogen-bond acceptors (Lipinski definition) is 2. The first-order valence-corrected chi connectivity index (χ1v) is 5.46. The normalized spacial score (nSPS) is 11.7. The van der Waals surface area contributed by atoms with Crippen molar-refractivity contribution in [3.05, 3.63) is 0 Å². The van der Waals surface area contributed by atoms with E-state index in [9.17, 15) is 4.57 Å². The smallest absolute Gasteiger partial charge is 1.00 e. The molecule has 0 saturated carbocycles. The molecule has 0 aliphatic rings. The second-order valence-electron chi connectivity index (χ2n) is 3.60. The van der Waals surface area contributed by atoms with Crippen LogP contribution in [-0.2, 0) is 9.09 Å². The Kier molecular flexibility index (Phi) is 11.2. The fourth-order valence-electron chi connectivity index (χ4n) is 0.583. The fourth-order valence-corrected chi connectivity index (χ4v) is 1.75. The van der Waals surface area contributed by atoms with Gasteiger partial charge in [-0.2, -0.15) is 0 Å². The van der Waals surface area contributed by atoms with Gasteiger partial charge in [0.1, 0.15) is 6.61 Å². The summed E-state index contributed by atoms with van der Waals surface area (Å²) in [5.41, 5.74) is 0. The first-order valence-electron chi connectivity index (χ1n) is 4.10. The van der Waals surface area contributed by atoms with Crippen LogP contribution < -0.4 is 29.6 Å². The van der Waals surface area contributed by atoms with E-state index in [-0.39, 0.29) is 31.0 Å². The van der Waals surface area contributed by atoms with Crippen molar-refractivity contribution in [2.24, 2.45) is 11.8 Å². The molecule has 1 unspecified atom stereocenters. The molecule has 0 aromatic rings. The van der Waals surface area contributed by atoms with Crippen molar-refractivity contribution in [1.82, 2.24) is 0 Å². The van der Waals surface area contributed by atoms with E-state index < -0.39 is 8.03 Å². The monoisotopic (exact) mass is 201 g/mol. The Morgan fingerprint density at radius 3 is 2.08 bits per heavy atom. The van der Waals surface area contributed by atoms with Crippen molar-refractivity contribution in [3.63, 3.8) is 0 Å². The molecule has 0 radical (unpaired) electrons. The molecule has 0 amide bonds. The van der Waals surface area contributed by atoms with E-state index >= 15 is 0 Å². The molecule has 1 atom stereocenters. The summed E-state index contributed by atoms with van der Waals surface area (Å²) in [5.74, 6) is 0.937. The minimum atomic E-state index is -1.40. The van der Waals surface area contributed by atoms with Crippen LogP contribution in [0.3, 0.4) is 0 Å². The second-order valence-corrected chi connectivity index (χ2v) is 4.89. The summed E-state index contributed by atoms with van der Waals surface area (Å²) in [4.78, 5) is 0. The van der Waals surface area contributed by atoms with Gasteiger partial charge in [0.25, 0.3) is 0 Å². The first kappa shape index (κ1) is 15.5. The Labute approximate surface area is 100 Å². The molecule has 0 aliphatic heterocycles. The minimum absolute atomic E-state index is 0. The Morgan fingerprint density at radius 2 is 1.75 bits per heavy atom. The minimum Gasteiger partial charge on any atom is -1.00 e. The summed E-state index contributed by atoms with van der Waals surface area (Å²) in [7, 11) is -1.40. The molecule has 2 nitrogen and oxygen atoms in total. The second kappa shape index (κ2) is 8.65. The van der Waals surface area contributed by atoms with Crippen molar-refractivity contribution in [1.29, 1.82) is 0 Å². The zero-order valence-corrected chi connectivity index (χ0v) is 11.7. The molecule has 4 heteroatoms. The molecule has 0 bridgehead atoms. The van der Waals surface area contributed by atoms with Gasteiger partial charge in [-0.15, -0.1) is 4.52 Å². The zero-order chi connectivity index (χ0) is 8.85. The molecule has 0 aliphatic carbocycles. The van der Waals surface area contributed by atoms with Crippen LogP contribution in [0.15, 0.2) is 0 Å². The van der Waals surface area contributed by atoms with Crippen molar-refractivity contribution < 1.29 is 40.1 Å². The molecule has 0 saturated heterocycles. The quantitative estimate of drug-likeness (QED) is 0.468. The summed E-state index contributed by atoms with van der Waals surface area (Å²) >= 11 is 0. The van der Waals surface area contributed by atoms with Gasteiger partial charge in [-0.05, 0) is 10.5 Å². The third-order valence-electron chi connectivity index (χ3n) is 1.07.